The molecule has 3 rings (SSSR count). The Kier molecular flexibility index (Phi) is 4.02. The minimum atomic E-state index is 0.873. The summed E-state index contributed by atoms with van der Waals surface area (Å²) in [6.07, 6.45) is 14.5. The van der Waals surface area contributed by atoms with Crippen LogP contribution in [-0.4, -0.2) is 35.0 Å². The fourth-order valence-corrected chi connectivity index (χ4v) is 3.92. The second-order valence-electron chi connectivity index (χ2n) is 6.17. The van der Waals surface area contributed by atoms with E-state index in [2.05, 4.69) is 16.5 Å². The van der Waals surface area contributed by atoms with Gasteiger partial charge in [-0.05, 0) is 25.7 Å². The van der Waals surface area contributed by atoms with E-state index in [1.807, 2.05) is 0 Å². The molecule has 1 heterocycles. The Morgan fingerprint density at radius 2 is 1.00 bits per heavy atom. The molecule has 1 saturated heterocycles. The first-order valence-corrected chi connectivity index (χ1v) is 7.80. The van der Waals surface area contributed by atoms with Crippen LogP contribution in [-0.2, 0) is 0 Å². The van der Waals surface area contributed by atoms with E-state index in [4.69, 9.17) is 0 Å². The van der Waals surface area contributed by atoms with Gasteiger partial charge in [-0.15, -0.1) is 0 Å². The molecular weight excluding hydrogens is 208 g/mol. The van der Waals surface area contributed by atoms with Crippen LogP contribution in [0.2, 0.25) is 0 Å². The van der Waals surface area contributed by atoms with Gasteiger partial charge in [0, 0.05) is 25.2 Å². The van der Waals surface area contributed by atoms with Crippen molar-refractivity contribution in [1.29, 1.82) is 0 Å². The van der Waals surface area contributed by atoms with Crippen molar-refractivity contribution >= 4 is 0 Å². The molecule has 2 nitrogen and oxygen atoms in total. The van der Waals surface area contributed by atoms with E-state index in [0.29, 0.717) is 0 Å². The molecule has 0 spiro atoms. The van der Waals surface area contributed by atoms with Gasteiger partial charge in [0.1, 0.15) is 0 Å². The maximum atomic E-state index is 2.66. The Bertz CT molecular complexity index is 205. The maximum Gasteiger partial charge on any atom is 0.0927 e. The predicted molar refractivity (Wildman–Crippen MR) is 71.5 cm³/mol. The first kappa shape index (κ1) is 12.0. The van der Waals surface area contributed by atoms with Crippen molar-refractivity contribution in [3.8, 4) is 0 Å². The van der Waals surface area contributed by atoms with E-state index >= 15 is 0 Å². The molecule has 0 N–H and O–H groups in total. The van der Waals surface area contributed by atoms with Crippen LogP contribution in [0.3, 0.4) is 0 Å². The first-order chi connectivity index (χ1) is 8.43. The molecule has 0 amide bonds. The summed E-state index contributed by atoms with van der Waals surface area (Å²) >= 11 is 0. The zero-order chi connectivity index (χ0) is 11.5. The van der Waals surface area contributed by atoms with Gasteiger partial charge in [-0.1, -0.05) is 38.5 Å². The second-order valence-corrected chi connectivity index (χ2v) is 6.17. The smallest absolute Gasteiger partial charge is 0.0927 e. The second kappa shape index (κ2) is 5.71. The summed E-state index contributed by atoms with van der Waals surface area (Å²) in [6, 6.07) is 1.75. The molecule has 2 saturated carbocycles. The topological polar surface area (TPSA) is 6.48 Å². The normalized spacial score (nSPS) is 31.1. The van der Waals surface area contributed by atoms with Crippen molar-refractivity contribution in [3.63, 3.8) is 0 Å². The van der Waals surface area contributed by atoms with E-state index in [0.717, 1.165) is 12.1 Å². The van der Waals surface area contributed by atoms with Gasteiger partial charge in [-0.2, -0.15) is 0 Å². The summed E-state index contributed by atoms with van der Waals surface area (Å²) < 4.78 is 0. The molecule has 17 heavy (non-hydrogen) atoms. The lowest BCUT2D eigenvalue weighted by Crippen LogP contribution is -2.36. The van der Waals surface area contributed by atoms with E-state index in [1.165, 1.54) is 77.3 Å². The molecule has 97 valence electrons. The third kappa shape index (κ3) is 2.85. The van der Waals surface area contributed by atoms with Crippen molar-refractivity contribution in [3.05, 3.63) is 6.67 Å². The van der Waals surface area contributed by atoms with Crippen LogP contribution in [0.1, 0.15) is 64.2 Å². The summed E-state index contributed by atoms with van der Waals surface area (Å²) in [5, 5.41) is 0. The molecule has 0 aromatic heterocycles. The van der Waals surface area contributed by atoms with Gasteiger partial charge in [0.15, 0.2) is 0 Å². The molecule has 3 fully saturated rings. The van der Waals surface area contributed by atoms with E-state index in [9.17, 15) is 0 Å². The Morgan fingerprint density at radius 1 is 0.588 bits per heavy atom. The highest BCUT2D eigenvalue weighted by atomic mass is 15.4. The molecule has 0 bridgehead atoms. The van der Waals surface area contributed by atoms with Crippen LogP contribution < -0.4 is 0 Å². The SMILES string of the molecule is [CH]1N(C2CCCCC2)CCN1C1CCCCC1. The van der Waals surface area contributed by atoms with Crippen molar-refractivity contribution in [2.45, 2.75) is 76.3 Å². The molecule has 1 aliphatic heterocycles. The van der Waals surface area contributed by atoms with Gasteiger partial charge >= 0.3 is 0 Å². The Balaban J connectivity index is 1.50. The monoisotopic (exact) mass is 235 g/mol. The first-order valence-electron chi connectivity index (χ1n) is 7.80. The van der Waals surface area contributed by atoms with Crippen LogP contribution in [0.4, 0.5) is 0 Å². The quantitative estimate of drug-likeness (QED) is 0.724. The molecule has 3 aliphatic rings. The van der Waals surface area contributed by atoms with E-state index < -0.39 is 0 Å². The Hall–Kier alpha value is -0.0800. The van der Waals surface area contributed by atoms with Crippen LogP contribution in [0.25, 0.3) is 0 Å². The van der Waals surface area contributed by atoms with Crippen molar-refractivity contribution < 1.29 is 0 Å². The van der Waals surface area contributed by atoms with Crippen LogP contribution >= 0.6 is 0 Å². The van der Waals surface area contributed by atoms with Gasteiger partial charge in [-0.3, -0.25) is 9.80 Å². The molecular formula is C15H27N2. The van der Waals surface area contributed by atoms with Gasteiger partial charge in [0.05, 0.1) is 6.67 Å². The standard InChI is InChI=1S/C15H27N2/c1-3-7-14(8-4-1)16-11-12-17(13-16)15-9-5-2-6-10-15/h13-15H,1-12H2. The molecule has 2 heteroatoms. The van der Waals surface area contributed by atoms with Crippen LogP contribution in [0.15, 0.2) is 0 Å². The van der Waals surface area contributed by atoms with Crippen molar-refractivity contribution in [2.24, 2.45) is 0 Å². The lowest BCUT2D eigenvalue weighted by molar-refractivity contribution is 0.171. The zero-order valence-electron chi connectivity index (χ0n) is 11.1. The Morgan fingerprint density at radius 3 is 1.41 bits per heavy atom. The highest BCUT2D eigenvalue weighted by Gasteiger charge is 2.32. The minimum absolute atomic E-state index is 0.873. The number of nitrogens with zero attached hydrogens (tertiary/aromatic N) is 2. The summed E-state index contributed by atoms with van der Waals surface area (Å²) in [6.45, 7) is 5.08. The van der Waals surface area contributed by atoms with E-state index in [-0.39, 0.29) is 0 Å². The van der Waals surface area contributed by atoms with Crippen LogP contribution in [0.5, 0.6) is 0 Å². The number of rotatable bonds is 2. The number of hydrogen-bond acceptors (Lipinski definition) is 2. The molecule has 0 aromatic rings. The molecule has 2 aliphatic carbocycles. The average molecular weight is 235 g/mol. The van der Waals surface area contributed by atoms with Crippen molar-refractivity contribution in [1.82, 2.24) is 9.80 Å². The minimum Gasteiger partial charge on any atom is -0.281 e. The third-order valence-corrected chi connectivity index (χ3v) is 5.00. The number of hydrogen-bond donors (Lipinski definition) is 0. The summed E-state index contributed by atoms with van der Waals surface area (Å²) in [5.41, 5.74) is 0. The van der Waals surface area contributed by atoms with Gasteiger partial charge < -0.3 is 0 Å². The molecule has 0 atom stereocenters. The maximum absolute atomic E-state index is 2.66. The molecule has 0 unspecified atom stereocenters. The fourth-order valence-electron chi connectivity index (χ4n) is 3.92. The van der Waals surface area contributed by atoms with Crippen LogP contribution in [0, 0.1) is 6.67 Å². The molecule has 0 aromatic carbocycles. The summed E-state index contributed by atoms with van der Waals surface area (Å²) in [5.74, 6) is 0. The summed E-state index contributed by atoms with van der Waals surface area (Å²) in [7, 11) is 0. The van der Waals surface area contributed by atoms with Crippen molar-refractivity contribution in [2.75, 3.05) is 13.1 Å². The predicted octanol–water partition coefficient (Wildman–Crippen LogP) is 3.39. The molecule has 1 radical (unpaired) electrons. The van der Waals surface area contributed by atoms with Gasteiger partial charge in [-0.25, -0.2) is 0 Å². The fraction of sp³-hybridized carbons (Fsp3) is 0.933. The Labute approximate surface area is 106 Å². The largest absolute Gasteiger partial charge is 0.281 e. The third-order valence-electron chi connectivity index (χ3n) is 5.00. The highest BCUT2D eigenvalue weighted by Crippen LogP contribution is 2.30. The zero-order valence-corrected chi connectivity index (χ0v) is 11.1. The summed E-state index contributed by atoms with van der Waals surface area (Å²) in [4.78, 5) is 5.32. The van der Waals surface area contributed by atoms with E-state index in [1.54, 1.807) is 0 Å². The lowest BCUT2D eigenvalue weighted by atomic mass is 9.94. The van der Waals surface area contributed by atoms with Gasteiger partial charge in [0.25, 0.3) is 0 Å². The lowest BCUT2D eigenvalue weighted by Gasteiger charge is -2.33. The average Bonchev–Trinajstić information content (AvgIpc) is 2.90. The highest BCUT2D eigenvalue weighted by molar-refractivity contribution is 4.91. The van der Waals surface area contributed by atoms with Gasteiger partial charge in [0.2, 0.25) is 0 Å².